The van der Waals surface area contributed by atoms with Crippen molar-refractivity contribution in [2.45, 2.75) is 51.7 Å². The maximum absolute atomic E-state index is 5.31. The molecule has 21 heavy (non-hydrogen) atoms. The fraction of sp³-hybridized carbons (Fsp3) is 0.647. The Kier molecular flexibility index (Phi) is 6.52. The van der Waals surface area contributed by atoms with Crippen molar-refractivity contribution in [2.75, 3.05) is 20.2 Å². The van der Waals surface area contributed by atoms with Crippen LogP contribution in [-0.2, 0) is 6.54 Å². The molecular formula is C17H27BrN2O. The predicted octanol–water partition coefficient (Wildman–Crippen LogP) is 3.81. The van der Waals surface area contributed by atoms with E-state index in [9.17, 15) is 0 Å². The number of methoxy groups -OCH3 is 1. The Bertz CT molecular complexity index is 452. The molecule has 0 aromatic heterocycles. The summed E-state index contributed by atoms with van der Waals surface area (Å²) in [5.41, 5.74) is 1.35. The lowest BCUT2D eigenvalue weighted by Crippen LogP contribution is -2.55. The van der Waals surface area contributed by atoms with Gasteiger partial charge in [-0.15, -0.1) is 0 Å². The lowest BCUT2D eigenvalue weighted by Gasteiger charge is -2.40. The molecule has 1 saturated heterocycles. The van der Waals surface area contributed by atoms with E-state index in [0.29, 0.717) is 12.1 Å². The minimum atomic E-state index is 0.638. The SMILES string of the molecule is CCCC1CN(Cc2ccc(OC)c(Br)c2)C(CC)CN1. The molecule has 1 aromatic carbocycles. The molecule has 0 spiro atoms. The standard InChI is InChI=1S/C17H27BrN2O/c1-4-6-14-12-20(15(5-2)10-19-14)11-13-7-8-17(21-3)16(18)9-13/h7-9,14-15,19H,4-6,10-12H2,1-3H3. The van der Waals surface area contributed by atoms with Gasteiger partial charge in [-0.1, -0.05) is 26.3 Å². The third-order valence-electron chi connectivity index (χ3n) is 4.32. The van der Waals surface area contributed by atoms with Gasteiger partial charge >= 0.3 is 0 Å². The Balaban J connectivity index is 2.05. The Hall–Kier alpha value is -0.580. The molecule has 1 heterocycles. The molecule has 1 fully saturated rings. The van der Waals surface area contributed by atoms with Crippen LogP contribution in [0.15, 0.2) is 22.7 Å². The Morgan fingerprint density at radius 2 is 2.19 bits per heavy atom. The summed E-state index contributed by atoms with van der Waals surface area (Å²) in [6, 6.07) is 7.68. The van der Waals surface area contributed by atoms with E-state index >= 15 is 0 Å². The number of benzene rings is 1. The molecule has 1 aliphatic rings. The molecule has 118 valence electrons. The van der Waals surface area contributed by atoms with Crippen LogP contribution in [0.5, 0.6) is 5.75 Å². The number of nitrogens with one attached hydrogen (secondary N) is 1. The first kappa shape index (κ1) is 16.8. The maximum Gasteiger partial charge on any atom is 0.133 e. The van der Waals surface area contributed by atoms with Crippen molar-refractivity contribution >= 4 is 15.9 Å². The molecule has 1 aromatic rings. The molecule has 0 radical (unpaired) electrons. The summed E-state index contributed by atoms with van der Waals surface area (Å²) in [7, 11) is 1.71. The zero-order valence-corrected chi connectivity index (χ0v) is 14.9. The van der Waals surface area contributed by atoms with E-state index in [1.54, 1.807) is 7.11 Å². The lowest BCUT2D eigenvalue weighted by molar-refractivity contribution is 0.115. The molecule has 2 atom stereocenters. The number of nitrogens with zero attached hydrogens (tertiary/aromatic N) is 1. The summed E-state index contributed by atoms with van der Waals surface area (Å²) in [4.78, 5) is 2.63. The third kappa shape index (κ3) is 4.44. The zero-order chi connectivity index (χ0) is 15.2. The van der Waals surface area contributed by atoms with Crippen molar-refractivity contribution in [1.82, 2.24) is 10.2 Å². The van der Waals surface area contributed by atoms with Gasteiger partial charge < -0.3 is 10.1 Å². The van der Waals surface area contributed by atoms with Crippen LogP contribution in [0.4, 0.5) is 0 Å². The maximum atomic E-state index is 5.31. The summed E-state index contributed by atoms with van der Waals surface area (Å²) >= 11 is 3.59. The summed E-state index contributed by atoms with van der Waals surface area (Å²) in [6.07, 6.45) is 3.71. The fourth-order valence-corrected chi connectivity index (χ4v) is 3.70. The average Bonchev–Trinajstić information content (AvgIpc) is 2.48. The Labute approximate surface area is 137 Å². The molecule has 2 unspecified atom stereocenters. The average molecular weight is 355 g/mol. The van der Waals surface area contributed by atoms with E-state index in [1.165, 1.54) is 24.8 Å². The third-order valence-corrected chi connectivity index (χ3v) is 4.94. The van der Waals surface area contributed by atoms with Crippen molar-refractivity contribution in [3.8, 4) is 5.75 Å². The van der Waals surface area contributed by atoms with Gasteiger partial charge in [0.05, 0.1) is 11.6 Å². The minimum absolute atomic E-state index is 0.638. The zero-order valence-electron chi connectivity index (χ0n) is 13.4. The molecule has 1 aliphatic heterocycles. The molecule has 1 N–H and O–H groups in total. The lowest BCUT2D eigenvalue weighted by atomic mass is 10.0. The summed E-state index contributed by atoms with van der Waals surface area (Å²) in [5.74, 6) is 0.898. The number of piperazine rings is 1. The van der Waals surface area contributed by atoms with Crippen LogP contribution < -0.4 is 10.1 Å². The molecule has 0 amide bonds. The fourth-order valence-electron chi connectivity index (χ4n) is 3.11. The van der Waals surface area contributed by atoms with E-state index < -0.39 is 0 Å². The first-order chi connectivity index (χ1) is 10.2. The van der Waals surface area contributed by atoms with E-state index in [-0.39, 0.29) is 0 Å². The quantitative estimate of drug-likeness (QED) is 0.840. The van der Waals surface area contributed by atoms with Crippen LogP contribution in [0.1, 0.15) is 38.7 Å². The van der Waals surface area contributed by atoms with Crippen LogP contribution in [0.2, 0.25) is 0 Å². The van der Waals surface area contributed by atoms with Crippen molar-refractivity contribution in [3.63, 3.8) is 0 Å². The van der Waals surface area contributed by atoms with E-state index in [2.05, 4.69) is 52.1 Å². The highest BCUT2D eigenvalue weighted by Crippen LogP contribution is 2.27. The summed E-state index contributed by atoms with van der Waals surface area (Å²) < 4.78 is 6.35. The van der Waals surface area contributed by atoms with Gasteiger partial charge in [0.1, 0.15) is 5.75 Å². The topological polar surface area (TPSA) is 24.5 Å². The second-order valence-corrected chi connectivity index (χ2v) is 6.71. The summed E-state index contributed by atoms with van der Waals surface area (Å²) in [5, 5.41) is 3.70. The predicted molar refractivity (Wildman–Crippen MR) is 91.9 cm³/mol. The number of ether oxygens (including phenoxy) is 1. The molecular weight excluding hydrogens is 328 g/mol. The molecule has 4 heteroatoms. The molecule has 0 bridgehead atoms. The number of hydrogen-bond acceptors (Lipinski definition) is 3. The van der Waals surface area contributed by atoms with Gasteiger partial charge in [-0.05, 0) is 46.5 Å². The van der Waals surface area contributed by atoms with Gasteiger partial charge in [-0.25, -0.2) is 0 Å². The van der Waals surface area contributed by atoms with Gasteiger partial charge in [-0.3, -0.25) is 4.90 Å². The van der Waals surface area contributed by atoms with Gasteiger partial charge in [-0.2, -0.15) is 0 Å². The van der Waals surface area contributed by atoms with Crippen LogP contribution in [0.25, 0.3) is 0 Å². The van der Waals surface area contributed by atoms with Gasteiger partial charge in [0.25, 0.3) is 0 Å². The molecule has 3 nitrogen and oxygen atoms in total. The first-order valence-electron chi connectivity index (χ1n) is 7.97. The highest BCUT2D eigenvalue weighted by molar-refractivity contribution is 9.10. The Morgan fingerprint density at radius 1 is 1.38 bits per heavy atom. The van der Waals surface area contributed by atoms with E-state index in [1.807, 2.05) is 6.07 Å². The molecule has 2 rings (SSSR count). The highest BCUT2D eigenvalue weighted by atomic mass is 79.9. The molecule has 0 saturated carbocycles. The minimum Gasteiger partial charge on any atom is -0.496 e. The monoisotopic (exact) mass is 354 g/mol. The number of rotatable bonds is 6. The second-order valence-electron chi connectivity index (χ2n) is 5.85. The van der Waals surface area contributed by atoms with Crippen LogP contribution in [-0.4, -0.2) is 37.2 Å². The van der Waals surface area contributed by atoms with Crippen LogP contribution >= 0.6 is 15.9 Å². The van der Waals surface area contributed by atoms with Crippen molar-refractivity contribution in [2.24, 2.45) is 0 Å². The largest absolute Gasteiger partial charge is 0.496 e. The van der Waals surface area contributed by atoms with Crippen LogP contribution in [0, 0.1) is 0 Å². The van der Waals surface area contributed by atoms with Gasteiger partial charge in [0.2, 0.25) is 0 Å². The van der Waals surface area contributed by atoms with Crippen molar-refractivity contribution in [3.05, 3.63) is 28.2 Å². The van der Waals surface area contributed by atoms with Gasteiger partial charge in [0.15, 0.2) is 0 Å². The summed E-state index contributed by atoms with van der Waals surface area (Å²) in [6.45, 7) is 7.82. The van der Waals surface area contributed by atoms with Crippen LogP contribution in [0.3, 0.4) is 0 Å². The smallest absolute Gasteiger partial charge is 0.133 e. The second kappa shape index (κ2) is 8.16. The highest BCUT2D eigenvalue weighted by Gasteiger charge is 2.26. The number of hydrogen-bond donors (Lipinski definition) is 1. The van der Waals surface area contributed by atoms with Gasteiger partial charge in [0, 0.05) is 31.7 Å². The Morgan fingerprint density at radius 3 is 2.81 bits per heavy atom. The van der Waals surface area contributed by atoms with Crippen molar-refractivity contribution < 1.29 is 4.74 Å². The number of halogens is 1. The van der Waals surface area contributed by atoms with E-state index in [4.69, 9.17) is 4.74 Å². The van der Waals surface area contributed by atoms with Crippen molar-refractivity contribution in [1.29, 1.82) is 0 Å². The first-order valence-corrected chi connectivity index (χ1v) is 8.77. The normalized spacial score (nSPS) is 23.2. The molecule has 0 aliphatic carbocycles. The van der Waals surface area contributed by atoms with E-state index in [0.717, 1.165) is 29.9 Å².